The molecule has 0 amide bonds. The molecule has 0 aromatic rings. The minimum Gasteiger partial charge on any atom is -0.245 e. The van der Waals surface area contributed by atoms with Gasteiger partial charge in [-0.05, 0) is 38.8 Å². The second-order valence-electron chi connectivity index (χ2n) is 8.25. The van der Waals surface area contributed by atoms with Crippen molar-refractivity contribution in [2.24, 2.45) is 20.0 Å². The van der Waals surface area contributed by atoms with E-state index in [0.29, 0.717) is 5.57 Å². The first kappa shape index (κ1) is 23.8. The molecule has 5 aliphatic rings. The van der Waals surface area contributed by atoms with Crippen molar-refractivity contribution in [3.63, 3.8) is 0 Å². The molecular formula is C24H12F8N4. The molecule has 0 N–H and O–H groups in total. The summed E-state index contributed by atoms with van der Waals surface area (Å²) in [6.07, 6.45) is 0. The molecule has 0 saturated heterocycles. The number of fused-ring (bicyclic) bond motifs is 4. The summed E-state index contributed by atoms with van der Waals surface area (Å²) in [6, 6.07) is 0. The molecular weight excluding hydrogens is 496 g/mol. The van der Waals surface area contributed by atoms with Crippen LogP contribution in [0, 0.1) is 0 Å². The summed E-state index contributed by atoms with van der Waals surface area (Å²) in [7, 11) is 0. The molecule has 36 heavy (non-hydrogen) atoms. The van der Waals surface area contributed by atoms with E-state index >= 15 is 13.2 Å². The van der Waals surface area contributed by atoms with E-state index in [1.807, 2.05) is 0 Å². The van der Waals surface area contributed by atoms with E-state index in [-0.39, 0.29) is 28.1 Å². The van der Waals surface area contributed by atoms with E-state index in [1.54, 1.807) is 0 Å². The molecule has 0 saturated carbocycles. The largest absolute Gasteiger partial charge is 0.245 e. The molecule has 5 rings (SSSR count). The summed E-state index contributed by atoms with van der Waals surface area (Å²) in [5, 5.41) is 0. The molecule has 0 atom stereocenters. The fraction of sp³-hybridized carbons (Fsp3) is 0.167. The summed E-state index contributed by atoms with van der Waals surface area (Å²) >= 11 is 0. The van der Waals surface area contributed by atoms with E-state index < -0.39 is 80.8 Å². The van der Waals surface area contributed by atoms with Gasteiger partial charge in [0.25, 0.3) is 0 Å². The van der Waals surface area contributed by atoms with Crippen LogP contribution in [0.5, 0.6) is 0 Å². The van der Waals surface area contributed by atoms with Crippen LogP contribution in [-0.4, -0.2) is 22.8 Å². The molecule has 0 fully saturated rings. The first-order valence-corrected chi connectivity index (χ1v) is 10.3. The molecule has 0 aliphatic carbocycles. The van der Waals surface area contributed by atoms with Gasteiger partial charge in [0.1, 0.15) is 34.2 Å². The van der Waals surface area contributed by atoms with Crippen molar-refractivity contribution < 1.29 is 35.1 Å². The third kappa shape index (κ3) is 2.99. The van der Waals surface area contributed by atoms with Gasteiger partial charge in [-0.25, -0.2) is 55.1 Å². The first-order valence-electron chi connectivity index (χ1n) is 10.3. The molecule has 184 valence electrons. The predicted molar refractivity (Wildman–Crippen MR) is 118 cm³/mol. The lowest BCUT2D eigenvalue weighted by Crippen LogP contribution is -2.03. The summed E-state index contributed by atoms with van der Waals surface area (Å²) in [5.41, 5.74) is -6.86. The van der Waals surface area contributed by atoms with Gasteiger partial charge in [0.2, 0.25) is 0 Å². The predicted octanol–water partition coefficient (Wildman–Crippen LogP) is 7.52. The second-order valence-corrected chi connectivity index (χ2v) is 8.25. The van der Waals surface area contributed by atoms with Gasteiger partial charge in [0, 0.05) is 11.1 Å². The summed E-state index contributed by atoms with van der Waals surface area (Å²) in [5.74, 6) is -14.5. The van der Waals surface area contributed by atoms with Crippen LogP contribution < -0.4 is 0 Å². The van der Waals surface area contributed by atoms with Crippen LogP contribution in [0.3, 0.4) is 0 Å². The maximum atomic E-state index is 15.4. The first-order chi connectivity index (χ1) is 16.9. The molecule has 8 bridgehead atoms. The number of hydrogen-bond acceptors (Lipinski definition) is 4. The van der Waals surface area contributed by atoms with Crippen molar-refractivity contribution in [2.75, 3.05) is 0 Å². The molecule has 0 unspecified atom stereocenters. The molecule has 12 heteroatoms. The van der Waals surface area contributed by atoms with E-state index in [4.69, 9.17) is 0 Å². The summed E-state index contributed by atoms with van der Waals surface area (Å²) in [4.78, 5) is 14.4. The topological polar surface area (TPSA) is 49.4 Å². The Hall–Kier alpha value is -3.96. The van der Waals surface area contributed by atoms with Gasteiger partial charge in [-0.15, -0.1) is 0 Å². The van der Waals surface area contributed by atoms with Crippen molar-refractivity contribution in [1.82, 2.24) is 0 Å². The highest BCUT2D eigenvalue weighted by Crippen LogP contribution is 2.43. The number of rotatable bonds is 0. The highest BCUT2D eigenvalue weighted by molar-refractivity contribution is 6.22. The monoisotopic (exact) mass is 508 g/mol. The standard InChI is InChI=1S/C24H12F8N4/c1-5-6(2)19-14(30)21-10(26)11(27)23(35-21)16(32)24-13(29)12(28)22(36-24)15(31)20-9(25)7(3)18(34-20)8(4)17(5)33-19/h1-4H3. The zero-order valence-corrected chi connectivity index (χ0v) is 18.8. The van der Waals surface area contributed by atoms with Crippen molar-refractivity contribution in [3.8, 4) is 0 Å². The molecule has 0 radical (unpaired) electrons. The Labute approximate surface area is 197 Å². The lowest BCUT2D eigenvalue weighted by atomic mass is 9.99. The van der Waals surface area contributed by atoms with Crippen LogP contribution in [0.25, 0.3) is 0 Å². The Kier molecular flexibility index (Phi) is 5.13. The summed E-state index contributed by atoms with van der Waals surface area (Å²) in [6.45, 7) is 5.62. The zero-order valence-electron chi connectivity index (χ0n) is 18.8. The second kappa shape index (κ2) is 7.77. The number of allylic oxidation sites excluding steroid dienone is 12. The average molecular weight is 508 g/mol. The molecule has 4 nitrogen and oxygen atoms in total. The van der Waals surface area contributed by atoms with Gasteiger partial charge < -0.3 is 0 Å². The van der Waals surface area contributed by atoms with Crippen molar-refractivity contribution in [2.45, 2.75) is 27.7 Å². The SMILES string of the molecule is CC1=C(C)C2=C(C)C3=NC(=C(F)C4=NC(=C(F)C5=NC(=C(F)C1=N2)C(F)=C5F)C(F)=C4F)C(F)=C3C. The Morgan fingerprint density at radius 1 is 0.306 bits per heavy atom. The van der Waals surface area contributed by atoms with Crippen LogP contribution in [0.4, 0.5) is 35.1 Å². The Morgan fingerprint density at radius 3 is 1.19 bits per heavy atom. The number of hydrogen-bond donors (Lipinski definition) is 0. The maximum absolute atomic E-state index is 15.4. The number of halogens is 8. The third-order valence-corrected chi connectivity index (χ3v) is 6.23. The molecule has 5 aliphatic heterocycles. The third-order valence-electron chi connectivity index (χ3n) is 6.23. The quantitative estimate of drug-likeness (QED) is 0.304. The highest BCUT2D eigenvalue weighted by atomic mass is 19.2. The van der Waals surface area contributed by atoms with E-state index in [0.717, 1.165) is 0 Å². The fourth-order valence-corrected chi connectivity index (χ4v) is 4.12. The maximum Gasteiger partial charge on any atom is 0.189 e. The van der Waals surface area contributed by atoms with Crippen LogP contribution in [-0.2, 0) is 0 Å². The van der Waals surface area contributed by atoms with Gasteiger partial charge in [0.05, 0.1) is 11.4 Å². The Balaban J connectivity index is 1.93. The van der Waals surface area contributed by atoms with Crippen molar-refractivity contribution in [3.05, 3.63) is 91.7 Å². The van der Waals surface area contributed by atoms with Gasteiger partial charge in [0.15, 0.2) is 46.6 Å². The summed E-state index contributed by atoms with van der Waals surface area (Å²) < 4.78 is 119. The van der Waals surface area contributed by atoms with Gasteiger partial charge in [-0.2, -0.15) is 0 Å². The van der Waals surface area contributed by atoms with Crippen LogP contribution in [0.2, 0.25) is 0 Å². The average Bonchev–Trinajstić information content (AvgIpc) is 3.52. The zero-order chi connectivity index (χ0) is 26.4. The smallest absolute Gasteiger partial charge is 0.189 e. The lowest BCUT2D eigenvalue weighted by molar-refractivity contribution is 0.559. The number of nitrogens with zero attached hydrogens (tertiary/aromatic N) is 4. The van der Waals surface area contributed by atoms with Crippen molar-refractivity contribution in [1.29, 1.82) is 0 Å². The van der Waals surface area contributed by atoms with E-state index in [1.165, 1.54) is 27.7 Å². The number of aliphatic imine (C=N–C) groups is 4. The highest BCUT2D eigenvalue weighted by Gasteiger charge is 2.40. The minimum absolute atomic E-state index is 0.0775. The normalized spacial score (nSPS) is 22.8. The van der Waals surface area contributed by atoms with Crippen molar-refractivity contribution >= 4 is 22.8 Å². The van der Waals surface area contributed by atoms with Gasteiger partial charge >= 0.3 is 0 Å². The molecule has 0 aromatic heterocycles. The minimum atomic E-state index is -2.07. The lowest BCUT2D eigenvalue weighted by Gasteiger charge is -2.06. The Morgan fingerprint density at radius 2 is 0.694 bits per heavy atom. The van der Waals surface area contributed by atoms with Gasteiger partial charge in [-0.1, -0.05) is 0 Å². The Bertz CT molecular complexity index is 1370. The van der Waals surface area contributed by atoms with Gasteiger partial charge in [-0.3, -0.25) is 0 Å². The van der Waals surface area contributed by atoms with Crippen LogP contribution in [0.1, 0.15) is 27.7 Å². The van der Waals surface area contributed by atoms with Crippen LogP contribution in [0.15, 0.2) is 112 Å². The van der Waals surface area contributed by atoms with E-state index in [2.05, 4.69) is 20.0 Å². The van der Waals surface area contributed by atoms with E-state index in [9.17, 15) is 22.0 Å². The molecule has 0 aromatic carbocycles. The molecule has 5 heterocycles. The van der Waals surface area contributed by atoms with Crippen LogP contribution >= 0.6 is 0 Å². The molecule has 0 spiro atoms. The fourth-order valence-electron chi connectivity index (χ4n) is 4.12.